The van der Waals surface area contributed by atoms with Crippen LogP contribution in [0.25, 0.3) is 0 Å². The van der Waals surface area contributed by atoms with Gasteiger partial charge in [-0.25, -0.2) is 8.42 Å². The average Bonchev–Trinajstić information content (AvgIpc) is 2.69. The SMILES string of the molecule is Cc1ccc(NC(=O)c2cccc(NS(C)(=O)=O)c2)cc1C(=O)Nc1cccnc1. The van der Waals surface area contributed by atoms with Gasteiger partial charge < -0.3 is 10.6 Å². The zero-order valence-electron chi connectivity index (χ0n) is 16.3. The predicted octanol–water partition coefficient (Wildman–Crippen LogP) is 3.27. The Balaban J connectivity index is 1.77. The van der Waals surface area contributed by atoms with Crippen LogP contribution in [-0.4, -0.2) is 31.5 Å². The highest BCUT2D eigenvalue weighted by Gasteiger charge is 2.13. The molecule has 154 valence electrons. The summed E-state index contributed by atoms with van der Waals surface area (Å²) in [6, 6.07) is 14.6. The van der Waals surface area contributed by atoms with Crippen molar-refractivity contribution in [2.24, 2.45) is 0 Å². The molecule has 0 aliphatic heterocycles. The number of amides is 2. The number of carbonyl (C=O) groups is 2. The van der Waals surface area contributed by atoms with Crippen LogP contribution in [0.5, 0.6) is 0 Å². The Morgan fingerprint density at radius 2 is 1.60 bits per heavy atom. The van der Waals surface area contributed by atoms with E-state index in [1.165, 1.54) is 12.3 Å². The first-order valence-electron chi connectivity index (χ1n) is 8.92. The number of anilines is 3. The minimum atomic E-state index is -3.45. The Morgan fingerprint density at radius 1 is 0.867 bits per heavy atom. The zero-order chi connectivity index (χ0) is 21.7. The van der Waals surface area contributed by atoms with Crippen molar-refractivity contribution in [1.29, 1.82) is 0 Å². The van der Waals surface area contributed by atoms with Gasteiger partial charge in [-0.05, 0) is 55.0 Å². The van der Waals surface area contributed by atoms with E-state index in [9.17, 15) is 18.0 Å². The average molecular weight is 424 g/mol. The summed E-state index contributed by atoms with van der Waals surface area (Å²) >= 11 is 0. The summed E-state index contributed by atoms with van der Waals surface area (Å²) in [5, 5.41) is 5.49. The van der Waals surface area contributed by atoms with Crippen LogP contribution in [0.3, 0.4) is 0 Å². The summed E-state index contributed by atoms with van der Waals surface area (Å²) in [5.41, 5.74) is 2.70. The minimum absolute atomic E-state index is 0.269. The third-order valence-electron chi connectivity index (χ3n) is 4.09. The molecule has 0 bridgehead atoms. The fourth-order valence-electron chi connectivity index (χ4n) is 2.72. The maximum atomic E-state index is 12.6. The van der Waals surface area contributed by atoms with Gasteiger partial charge >= 0.3 is 0 Å². The molecular formula is C21H20N4O4S. The zero-order valence-corrected chi connectivity index (χ0v) is 17.2. The highest BCUT2D eigenvalue weighted by molar-refractivity contribution is 7.92. The van der Waals surface area contributed by atoms with Crippen molar-refractivity contribution in [3.05, 3.63) is 83.7 Å². The van der Waals surface area contributed by atoms with Crippen LogP contribution in [0.2, 0.25) is 0 Å². The van der Waals surface area contributed by atoms with Gasteiger partial charge in [0, 0.05) is 28.7 Å². The van der Waals surface area contributed by atoms with Crippen molar-refractivity contribution < 1.29 is 18.0 Å². The summed E-state index contributed by atoms with van der Waals surface area (Å²) in [7, 11) is -3.45. The molecule has 3 aromatic rings. The van der Waals surface area contributed by atoms with Gasteiger partial charge in [-0.3, -0.25) is 19.3 Å². The van der Waals surface area contributed by atoms with Gasteiger partial charge in [0.05, 0.1) is 18.1 Å². The number of rotatable bonds is 6. The number of aromatic nitrogens is 1. The van der Waals surface area contributed by atoms with E-state index >= 15 is 0 Å². The Morgan fingerprint density at radius 3 is 2.30 bits per heavy atom. The molecule has 0 spiro atoms. The van der Waals surface area contributed by atoms with E-state index in [-0.39, 0.29) is 17.2 Å². The maximum absolute atomic E-state index is 12.6. The Bertz CT molecular complexity index is 1190. The second-order valence-corrected chi connectivity index (χ2v) is 8.38. The lowest BCUT2D eigenvalue weighted by molar-refractivity contribution is 0.101. The fraction of sp³-hybridized carbons (Fsp3) is 0.0952. The number of hydrogen-bond donors (Lipinski definition) is 3. The van der Waals surface area contributed by atoms with Crippen LogP contribution in [0.1, 0.15) is 26.3 Å². The molecule has 0 aliphatic carbocycles. The molecule has 0 saturated heterocycles. The number of hydrogen-bond acceptors (Lipinski definition) is 5. The number of benzene rings is 2. The van der Waals surface area contributed by atoms with E-state index in [2.05, 4.69) is 20.3 Å². The van der Waals surface area contributed by atoms with Crippen molar-refractivity contribution in [1.82, 2.24) is 4.98 Å². The fourth-order valence-corrected chi connectivity index (χ4v) is 3.28. The van der Waals surface area contributed by atoms with Crippen molar-refractivity contribution in [3.8, 4) is 0 Å². The van der Waals surface area contributed by atoms with E-state index < -0.39 is 15.9 Å². The lowest BCUT2D eigenvalue weighted by Gasteiger charge is -2.11. The number of sulfonamides is 1. The number of aryl methyl sites for hydroxylation is 1. The van der Waals surface area contributed by atoms with Gasteiger partial charge in [0.15, 0.2) is 0 Å². The van der Waals surface area contributed by atoms with Crippen LogP contribution < -0.4 is 15.4 Å². The third kappa shape index (κ3) is 5.65. The standard InChI is InChI=1S/C21H20N4O4S/c1-14-8-9-16(12-19(14)21(27)24-18-7-4-10-22-13-18)23-20(26)15-5-3-6-17(11-15)25-30(2,28)29/h3-13,25H,1-2H3,(H,23,26)(H,24,27). The molecule has 8 nitrogen and oxygen atoms in total. The Hall–Kier alpha value is -3.72. The molecule has 0 saturated carbocycles. The van der Waals surface area contributed by atoms with Crippen LogP contribution in [0, 0.1) is 6.92 Å². The molecule has 2 aromatic carbocycles. The number of pyridine rings is 1. The van der Waals surface area contributed by atoms with Gasteiger partial charge in [-0.2, -0.15) is 0 Å². The monoisotopic (exact) mass is 424 g/mol. The molecule has 0 atom stereocenters. The second kappa shape index (κ2) is 8.75. The second-order valence-electron chi connectivity index (χ2n) is 6.63. The number of nitrogens with one attached hydrogen (secondary N) is 3. The molecule has 0 fully saturated rings. The van der Waals surface area contributed by atoms with E-state index in [0.717, 1.165) is 11.8 Å². The molecule has 1 aromatic heterocycles. The number of nitrogens with zero attached hydrogens (tertiary/aromatic N) is 1. The topological polar surface area (TPSA) is 117 Å². The van der Waals surface area contributed by atoms with E-state index in [1.54, 1.807) is 61.7 Å². The Kier molecular flexibility index (Phi) is 6.12. The van der Waals surface area contributed by atoms with Gasteiger partial charge in [0.25, 0.3) is 11.8 Å². The lowest BCUT2D eigenvalue weighted by Crippen LogP contribution is -2.16. The molecule has 3 rings (SSSR count). The van der Waals surface area contributed by atoms with Crippen molar-refractivity contribution in [3.63, 3.8) is 0 Å². The normalized spacial score (nSPS) is 10.9. The summed E-state index contributed by atoms with van der Waals surface area (Å²) in [5.74, 6) is -0.759. The summed E-state index contributed by atoms with van der Waals surface area (Å²) < 4.78 is 25.1. The summed E-state index contributed by atoms with van der Waals surface area (Å²) in [6.07, 6.45) is 4.18. The van der Waals surface area contributed by atoms with Crippen molar-refractivity contribution >= 4 is 38.9 Å². The molecule has 30 heavy (non-hydrogen) atoms. The van der Waals surface area contributed by atoms with E-state index in [1.807, 2.05) is 0 Å². The van der Waals surface area contributed by atoms with Crippen LogP contribution >= 0.6 is 0 Å². The molecule has 0 aliphatic rings. The predicted molar refractivity (Wildman–Crippen MR) is 116 cm³/mol. The molecular weight excluding hydrogens is 404 g/mol. The van der Waals surface area contributed by atoms with E-state index in [4.69, 9.17) is 0 Å². The first-order valence-corrected chi connectivity index (χ1v) is 10.8. The highest BCUT2D eigenvalue weighted by atomic mass is 32.2. The number of carbonyl (C=O) groups excluding carboxylic acids is 2. The van der Waals surface area contributed by atoms with Gasteiger partial charge in [-0.15, -0.1) is 0 Å². The largest absolute Gasteiger partial charge is 0.322 e. The van der Waals surface area contributed by atoms with E-state index in [0.29, 0.717) is 16.9 Å². The third-order valence-corrected chi connectivity index (χ3v) is 4.69. The molecule has 0 radical (unpaired) electrons. The molecule has 9 heteroatoms. The minimum Gasteiger partial charge on any atom is -0.322 e. The quantitative estimate of drug-likeness (QED) is 0.561. The summed E-state index contributed by atoms with van der Waals surface area (Å²) in [6.45, 7) is 1.80. The molecule has 2 amide bonds. The van der Waals surface area contributed by atoms with Gasteiger partial charge in [0.2, 0.25) is 10.0 Å². The first kappa shape index (κ1) is 21.0. The van der Waals surface area contributed by atoms with Gasteiger partial charge in [0.1, 0.15) is 0 Å². The van der Waals surface area contributed by atoms with Crippen LogP contribution in [0.4, 0.5) is 17.1 Å². The molecule has 3 N–H and O–H groups in total. The maximum Gasteiger partial charge on any atom is 0.256 e. The highest BCUT2D eigenvalue weighted by Crippen LogP contribution is 2.19. The smallest absolute Gasteiger partial charge is 0.256 e. The van der Waals surface area contributed by atoms with Crippen molar-refractivity contribution in [2.45, 2.75) is 6.92 Å². The molecule has 1 heterocycles. The Labute approximate surface area is 174 Å². The molecule has 0 unspecified atom stereocenters. The summed E-state index contributed by atoms with van der Waals surface area (Å²) in [4.78, 5) is 29.2. The lowest BCUT2D eigenvalue weighted by atomic mass is 10.1. The van der Waals surface area contributed by atoms with Crippen molar-refractivity contribution in [2.75, 3.05) is 21.6 Å². The van der Waals surface area contributed by atoms with Gasteiger partial charge in [-0.1, -0.05) is 12.1 Å². The van der Waals surface area contributed by atoms with Crippen LogP contribution in [-0.2, 0) is 10.0 Å². The van der Waals surface area contributed by atoms with Crippen LogP contribution in [0.15, 0.2) is 67.0 Å². The first-order chi connectivity index (χ1) is 14.2.